The number of aliphatic imine (C=N–C) groups is 2. The molecule has 2 aromatic rings. The molecular weight excluding hydrogens is 414 g/mol. The fourth-order valence-electron chi connectivity index (χ4n) is 4.31. The van der Waals surface area contributed by atoms with Crippen LogP contribution in [0.5, 0.6) is 0 Å². The lowest BCUT2D eigenvalue weighted by Gasteiger charge is -2.26. The van der Waals surface area contributed by atoms with Gasteiger partial charge in [-0.15, -0.1) is 0 Å². The third kappa shape index (κ3) is 3.58. The quantitative estimate of drug-likeness (QED) is 0.599. The molecule has 1 fully saturated rings. The molecule has 0 saturated carbocycles. The number of hydrogen-bond donors (Lipinski definition) is 3. The maximum absolute atomic E-state index is 10.5. The lowest BCUT2D eigenvalue weighted by Crippen LogP contribution is -2.40. The predicted octanol–water partition coefficient (Wildman–Crippen LogP) is 0.596. The van der Waals surface area contributed by atoms with Gasteiger partial charge in [0.25, 0.3) is 6.02 Å². The van der Waals surface area contributed by atoms with Crippen molar-refractivity contribution in [3.05, 3.63) is 47.7 Å². The number of hydrogen-bond acceptors (Lipinski definition) is 9. The van der Waals surface area contributed by atoms with Gasteiger partial charge in [-0.1, -0.05) is 37.3 Å². The number of aliphatic hydroxyl groups is 3. The smallest absolute Gasteiger partial charge is 0.299 e. The van der Waals surface area contributed by atoms with Crippen LogP contribution in [0.3, 0.4) is 0 Å². The first kappa shape index (κ1) is 21.1. The van der Waals surface area contributed by atoms with Crippen LogP contribution in [-0.4, -0.2) is 86.0 Å². The molecular formula is C22H27N5O5. The highest BCUT2D eigenvalue weighted by Crippen LogP contribution is 2.37. The van der Waals surface area contributed by atoms with Gasteiger partial charge in [-0.25, -0.2) is 4.68 Å². The highest BCUT2D eigenvalue weighted by Gasteiger charge is 2.46. The summed E-state index contributed by atoms with van der Waals surface area (Å²) in [5, 5.41) is 34.4. The number of rotatable bonds is 6. The zero-order chi connectivity index (χ0) is 22.2. The van der Waals surface area contributed by atoms with Gasteiger partial charge in [-0.05, 0) is 18.4 Å². The average Bonchev–Trinajstić information content (AvgIpc) is 3.49. The van der Waals surface area contributed by atoms with E-state index in [1.165, 1.54) is 10.2 Å². The van der Waals surface area contributed by atoms with Gasteiger partial charge < -0.3 is 24.8 Å². The Bertz CT molecular complexity index is 1020. The molecule has 0 spiro atoms. The van der Waals surface area contributed by atoms with Crippen molar-refractivity contribution in [3.8, 4) is 0 Å². The molecule has 10 nitrogen and oxygen atoms in total. The minimum atomic E-state index is -1.25. The number of amidine groups is 2. The standard InChI is InChI=1S/C22H27N5O5/c1-2-8-31-22-25-20-15(10-23-27(20)21-18(30)17(29)16(12-28)32-21)19-24-14(11-26(19)22)9-13-6-4-3-5-7-13/h3-7,10,14,16-18,21,28-30H,2,8-9,11-12H2,1H3/t14-,16+,17+,18+,21+/m0/s1. The Hall–Kier alpha value is -2.79. The van der Waals surface area contributed by atoms with E-state index in [1.807, 2.05) is 30.0 Å². The Kier molecular flexibility index (Phi) is 5.68. The molecule has 0 aliphatic carbocycles. The zero-order valence-corrected chi connectivity index (χ0v) is 17.8. The molecule has 3 N–H and O–H groups in total. The number of benzene rings is 1. The summed E-state index contributed by atoms with van der Waals surface area (Å²) in [7, 11) is 0. The Labute approximate surface area is 185 Å². The van der Waals surface area contributed by atoms with Crippen molar-refractivity contribution in [1.29, 1.82) is 0 Å². The summed E-state index contributed by atoms with van der Waals surface area (Å²) < 4.78 is 13.0. The molecule has 4 heterocycles. The highest BCUT2D eigenvalue weighted by molar-refractivity contribution is 6.14. The van der Waals surface area contributed by atoms with E-state index in [-0.39, 0.29) is 6.04 Å². The molecule has 32 heavy (non-hydrogen) atoms. The molecule has 170 valence electrons. The van der Waals surface area contributed by atoms with Gasteiger partial charge in [0, 0.05) is 0 Å². The third-order valence-corrected chi connectivity index (χ3v) is 5.90. The lowest BCUT2D eigenvalue weighted by molar-refractivity contribution is -0.0577. The van der Waals surface area contributed by atoms with Crippen molar-refractivity contribution in [2.24, 2.45) is 9.98 Å². The van der Waals surface area contributed by atoms with E-state index in [0.29, 0.717) is 30.6 Å². The number of fused-ring (bicyclic) bond motifs is 3. The molecule has 3 aliphatic rings. The summed E-state index contributed by atoms with van der Waals surface area (Å²) in [6.07, 6.45) is -1.08. The summed E-state index contributed by atoms with van der Waals surface area (Å²) in [6.45, 7) is 2.76. The van der Waals surface area contributed by atoms with E-state index >= 15 is 0 Å². The molecule has 1 aromatic carbocycles. The fraction of sp³-hybridized carbons (Fsp3) is 0.500. The first-order valence-electron chi connectivity index (χ1n) is 10.9. The van der Waals surface area contributed by atoms with Crippen LogP contribution in [0, 0.1) is 0 Å². The van der Waals surface area contributed by atoms with E-state index in [2.05, 4.69) is 22.2 Å². The second kappa shape index (κ2) is 8.62. The largest absolute Gasteiger partial charge is 0.465 e. The summed E-state index contributed by atoms with van der Waals surface area (Å²) in [5.41, 5.74) is 1.92. The van der Waals surface area contributed by atoms with Crippen molar-refractivity contribution < 1.29 is 24.8 Å². The molecule has 5 atom stereocenters. The minimum Gasteiger partial charge on any atom is -0.465 e. The van der Waals surface area contributed by atoms with Crippen LogP contribution in [0.15, 0.2) is 46.5 Å². The van der Waals surface area contributed by atoms with Gasteiger partial charge in [0.05, 0.1) is 37.6 Å². The molecule has 0 radical (unpaired) electrons. The van der Waals surface area contributed by atoms with Crippen LogP contribution >= 0.6 is 0 Å². The number of aromatic nitrogens is 2. The van der Waals surface area contributed by atoms with Crippen molar-refractivity contribution in [3.63, 3.8) is 0 Å². The van der Waals surface area contributed by atoms with Crippen LogP contribution in [0.2, 0.25) is 0 Å². The highest BCUT2D eigenvalue weighted by atomic mass is 16.6. The maximum atomic E-state index is 10.5. The van der Waals surface area contributed by atoms with Gasteiger partial charge in [-0.3, -0.25) is 9.89 Å². The van der Waals surface area contributed by atoms with Crippen molar-refractivity contribution in [2.45, 2.75) is 50.3 Å². The van der Waals surface area contributed by atoms with Gasteiger partial charge in [0.2, 0.25) is 0 Å². The Morgan fingerprint density at radius 2 is 2.00 bits per heavy atom. The predicted molar refractivity (Wildman–Crippen MR) is 116 cm³/mol. The summed E-state index contributed by atoms with van der Waals surface area (Å²) in [4.78, 5) is 11.6. The zero-order valence-electron chi connectivity index (χ0n) is 17.8. The number of ether oxygens (including phenoxy) is 2. The second-order valence-electron chi connectivity index (χ2n) is 8.20. The van der Waals surface area contributed by atoms with Crippen molar-refractivity contribution in [1.82, 2.24) is 14.7 Å². The van der Waals surface area contributed by atoms with Gasteiger partial charge in [-0.2, -0.15) is 10.1 Å². The average molecular weight is 441 g/mol. The SMILES string of the molecule is CCCOC1=Nc2c(cnn2[C@@H]2O[C@H](CO)[C@@H](O)[C@H]2O)C2=N[C@@H](Cc3ccccc3)CN12. The number of aliphatic hydroxyl groups excluding tert-OH is 3. The molecule has 0 amide bonds. The van der Waals surface area contributed by atoms with Crippen LogP contribution in [0.1, 0.15) is 30.7 Å². The van der Waals surface area contributed by atoms with Gasteiger partial charge in [0.15, 0.2) is 12.0 Å². The summed E-state index contributed by atoms with van der Waals surface area (Å²) in [5.74, 6) is 1.17. The third-order valence-electron chi connectivity index (χ3n) is 5.90. The molecule has 3 aliphatic heterocycles. The van der Waals surface area contributed by atoms with Crippen LogP contribution in [0.4, 0.5) is 5.82 Å². The van der Waals surface area contributed by atoms with Gasteiger partial charge in [0.1, 0.15) is 24.1 Å². The van der Waals surface area contributed by atoms with Crippen LogP contribution < -0.4 is 0 Å². The maximum Gasteiger partial charge on any atom is 0.299 e. The van der Waals surface area contributed by atoms with Crippen molar-refractivity contribution in [2.75, 3.05) is 19.8 Å². The molecule has 0 unspecified atom stereocenters. The van der Waals surface area contributed by atoms with E-state index < -0.39 is 31.1 Å². The minimum absolute atomic E-state index is 0.0334. The Morgan fingerprint density at radius 1 is 1.19 bits per heavy atom. The van der Waals surface area contributed by atoms with E-state index in [9.17, 15) is 15.3 Å². The van der Waals surface area contributed by atoms with Crippen LogP contribution in [0.25, 0.3) is 0 Å². The number of nitrogens with zero attached hydrogens (tertiary/aromatic N) is 5. The summed E-state index contributed by atoms with van der Waals surface area (Å²) >= 11 is 0. The molecule has 5 rings (SSSR count). The molecule has 10 heteroatoms. The Balaban J connectivity index is 1.49. The fourth-order valence-corrected chi connectivity index (χ4v) is 4.31. The lowest BCUT2D eigenvalue weighted by atomic mass is 10.1. The molecule has 0 bridgehead atoms. The van der Waals surface area contributed by atoms with Crippen molar-refractivity contribution >= 4 is 17.7 Å². The normalized spacial score (nSPS) is 28.9. The topological polar surface area (TPSA) is 125 Å². The van der Waals surface area contributed by atoms with Crippen LogP contribution in [-0.2, 0) is 15.9 Å². The molecule has 1 saturated heterocycles. The summed E-state index contributed by atoms with van der Waals surface area (Å²) in [6, 6.07) is 10.7. The Morgan fingerprint density at radius 3 is 2.72 bits per heavy atom. The van der Waals surface area contributed by atoms with E-state index in [4.69, 9.17) is 14.5 Å². The second-order valence-corrected chi connectivity index (χ2v) is 8.20. The van der Waals surface area contributed by atoms with E-state index in [1.54, 1.807) is 6.20 Å². The first-order valence-corrected chi connectivity index (χ1v) is 10.9. The monoisotopic (exact) mass is 441 g/mol. The molecule has 1 aromatic heterocycles. The first-order chi connectivity index (χ1) is 15.6. The van der Waals surface area contributed by atoms with E-state index in [0.717, 1.165) is 18.7 Å². The van der Waals surface area contributed by atoms with Gasteiger partial charge >= 0.3 is 0 Å².